The van der Waals surface area contributed by atoms with Gasteiger partial charge in [0.25, 0.3) is 5.91 Å². The number of nitrogens with zero attached hydrogens (tertiary/aromatic N) is 2. The zero-order valence-electron chi connectivity index (χ0n) is 14.1. The SMILES string of the molecule is CC(C)N1CCOC[C@]2(CCCN(C(=O)[C@H]3CCCO3)C2)C1. The molecule has 3 saturated heterocycles. The monoisotopic (exact) mass is 310 g/mol. The number of ether oxygens (including phenoxy) is 2. The Morgan fingerprint density at radius 1 is 1.18 bits per heavy atom. The van der Waals surface area contributed by atoms with E-state index >= 15 is 0 Å². The van der Waals surface area contributed by atoms with Gasteiger partial charge < -0.3 is 14.4 Å². The molecule has 3 rings (SSSR count). The average molecular weight is 310 g/mol. The number of hydrogen-bond acceptors (Lipinski definition) is 4. The zero-order valence-corrected chi connectivity index (χ0v) is 14.1. The van der Waals surface area contributed by atoms with Gasteiger partial charge >= 0.3 is 0 Å². The maximum atomic E-state index is 12.7. The lowest BCUT2D eigenvalue weighted by molar-refractivity contribution is -0.145. The van der Waals surface area contributed by atoms with Crippen molar-refractivity contribution in [2.75, 3.05) is 46.0 Å². The predicted molar refractivity (Wildman–Crippen MR) is 84.7 cm³/mol. The van der Waals surface area contributed by atoms with Gasteiger partial charge in [0.05, 0.1) is 13.2 Å². The molecular formula is C17H30N2O3. The summed E-state index contributed by atoms with van der Waals surface area (Å²) in [5, 5.41) is 0. The van der Waals surface area contributed by atoms with Crippen molar-refractivity contribution in [3.05, 3.63) is 0 Å². The Hall–Kier alpha value is -0.650. The normalized spacial score (nSPS) is 34.3. The average Bonchev–Trinajstić information content (AvgIpc) is 2.97. The van der Waals surface area contributed by atoms with Gasteiger partial charge in [-0.2, -0.15) is 0 Å². The van der Waals surface area contributed by atoms with Crippen LogP contribution < -0.4 is 0 Å². The molecular weight excluding hydrogens is 280 g/mol. The fourth-order valence-electron chi connectivity index (χ4n) is 4.09. The molecule has 3 aliphatic heterocycles. The summed E-state index contributed by atoms with van der Waals surface area (Å²) < 4.78 is 11.5. The van der Waals surface area contributed by atoms with Crippen LogP contribution in [0.4, 0.5) is 0 Å². The molecule has 5 heteroatoms. The lowest BCUT2D eigenvalue weighted by Crippen LogP contribution is -2.54. The van der Waals surface area contributed by atoms with Gasteiger partial charge in [-0.15, -0.1) is 0 Å². The zero-order chi connectivity index (χ0) is 15.6. The van der Waals surface area contributed by atoms with Crippen LogP contribution in [0.3, 0.4) is 0 Å². The van der Waals surface area contributed by atoms with Crippen molar-refractivity contribution in [2.45, 2.75) is 51.7 Å². The van der Waals surface area contributed by atoms with Crippen LogP contribution in [0.2, 0.25) is 0 Å². The van der Waals surface area contributed by atoms with Crippen LogP contribution in [-0.4, -0.2) is 73.9 Å². The first-order chi connectivity index (χ1) is 10.6. The summed E-state index contributed by atoms with van der Waals surface area (Å²) in [6, 6.07) is 0.530. The third-order valence-corrected chi connectivity index (χ3v) is 5.38. The van der Waals surface area contributed by atoms with Gasteiger partial charge in [0.15, 0.2) is 0 Å². The van der Waals surface area contributed by atoms with E-state index < -0.39 is 0 Å². The van der Waals surface area contributed by atoms with Crippen molar-refractivity contribution in [3.63, 3.8) is 0 Å². The van der Waals surface area contributed by atoms with Gasteiger partial charge in [0, 0.05) is 44.2 Å². The van der Waals surface area contributed by atoms with Gasteiger partial charge in [-0.05, 0) is 39.5 Å². The lowest BCUT2D eigenvalue weighted by atomic mass is 9.79. The summed E-state index contributed by atoms with van der Waals surface area (Å²) in [5.74, 6) is 0.205. The minimum Gasteiger partial charge on any atom is -0.379 e. The van der Waals surface area contributed by atoms with Gasteiger partial charge in [-0.1, -0.05) is 0 Å². The van der Waals surface area contributed by atoms with Crippen LogP contribution in [0, 0.1) is 5.41 Å². The van der Waals surface area contributed by atoms with Crippen LogP contribution in [0.25, 0.3) is 0 Å². The molecule has 2 atom stereocenters. The van der Waals surface area contributed by atoms with Crippen LogP contribution in [0.1, 0.15) is 39.5 Å². The molecule has 0 aromatic heterocycles. The molecule has 1 amide bonds. The Morgan fingerprint density at radius 2 is 2.05 bits per heavy atom. The van der Waals surface area contributed by atoms with E-state index in [0.29, 0.717) is 6.04 Å². The van der Waals surface area contributed by atoms with Gasteiger partial charge in [-0.25, -0.2) is 0 Å². The number of carbonyl (C=O) groups is 1. The molecule has 22 heavy (non-hydrogen) atoms. The maximum absolute atomic E-state index is 12.7. The highest BCUT2D eigenvalue weighted by Crippen LogP contribution is 2.34. The standard InChI is InChI=1S/C17H30N2O3/c1-14(2)18-8-10-21-13-17(11-18)6-4-7-19(12-17)16(20)15-5-3-9-22-15/h14-15H,3-13H2,1-2H3/t15-,17-/m1/s1. The second-order valence-electron chi connectivity index (χ2n) is 7.48. The fourth-order valence-corrected chi connectivity index (χ4v) is 4.09. The topological polar surface area (TPSA) is 42.0 Å². The third kappa shape index (κ3) is 3.47. The van der Waals surface area contributed by atoms with Crippen molar-refractivity contribution in [1.29, 1.82) is 0 Å². The van der Waals surface area contributed by atoms with Gasteiger partial charge in [0.2, 0.25) is 0 Å². The van der Waals surface area contributed by atoms with Crippen molar-refractivity contribution in [1.82, 2.24) is 9.80 Å². The molecule has 3 fully saturated rings. The first kappa shape index (κ1) is 16.2. The van der Waals surface area contributed by atoms with Gasteiger partial charge in [-0.3, -0.25) is 9.69 Å². The van der Waals surface area contributed by atoms with E-state index in [2.05, 4.69) is 18.7 Å². The Morgan fingerprint density at radius 3 is 2.77 bits per heavy atom. The number of amides is 1. The van der Waals surface area contributed by atoms with Crippen LogP contribution >= 0.6 is 0 Å². The molecule has 0 unspecified atom stereocenters. The second kappa shape index (κ2) is 6.85. The van der Waals surface area contributed by atoms with E-state index in [9.17, 15) is 4.79 Å². The molecule has 0 aromatic rings. The summed E-state index contributed by atoms with van der Waals surface area (Å²) in [5.41, 5.74) is 0.104. The first-order valence-electron chi connectivity index (χ1n) is 8.82. The first-order valence-corrected chi connectivity index (χ1v) is 8.82. The number of rotatable bonds is 2. The highest BCUT2D eigenvalue weighted by molar-refractivity contribution is 5.81. The molecule has 0 N–H and O–H groups in total. The molecule has 0 bridgehead atoms. The van der Waals surface area contributed by atoms with Crippen LogP contribution in [0.5, 0.6) is 0 Å². The quantitative estimate of drug-likeness (QED) is 0.775. The molecule has 0 aromatic carbocycles. The smallest absolute Gasteiger partial charge is 0.251 e. The molecule has 0 radical (unpaired) electrons. The van der Waals surface area contributed by atoms with Crippen molar-refractivity contribution in [3.8, 4) is 0 Å². The fraction of sp³-hybridized carbons (Fsp3) is 0.941. The van der Waals surface area contributed by atoms with Gasteiger partial charge in [0.1, 0.15) is 6.10 Å². The molecule has 0 aliphatic carbocycles. The summed E-state index contributed by atoms with van der Waals surface area (Å²) >= 11 is 0. The molecule has 3 heterocycles. The number of likely N-dealkylation sites (tertiary alicyclic amines) is 1. The van der Waals surface area contributed by atoms with E-state index in [0.717, 1.165) is 71.7 Å². The summed E-state index contributed by atoms with van der Waals surface area (Å²) in [7, 11) is 0. The minimum absolute atomic E-state index is 0.104. The van der Waals surface area contributed by atoms with E-state index in [1.807, 2.05) is 4.90 Å². The molecule has 126 valence electrons. The number of piperidine rings is 1. The molecule has 1 spiro atoms. The van der Waals surface area contributed by atoms with Crippen molar-refractivity contribution >= 4 is 5.91 Å². The van der Waals surface area contributed by atoms with Crippen LogP contribution in [-0.2, 0) is 14.3 Å². The van der Waals surface area contributed by atoms with E-state index in [4.69, 9.17) is 9.47 Å². The highest BCUT2D eigenvalue weighted by Gasteiger charge is 2.42. The van der Waals surface area contributed by atoms with Crippen molar-refractivity contribution in [2.24, 2.45) is 5.41 Å². The third-order valence-electron chi connectivity index (χ3n) is 5.38. The largest absolute Gasteiger partial charge is 0.379 e. The Labute approximate surface area is 133 Å². The molecule has 3 aliphatic rings. The molecule has 5 nitrogen and oxygen atoms in total. The minimum atomic E-state index is -0.192. The Balaban J connectivity index is 1.68. The lowest BCUT2D eigenvalue weighted by Gasteiger charge is -2.44. The Kier molecular flexibility index (Phi) is 5.05. The van der Waals surface area contributed by atoms with E-state index in [1.54, 1.807) is 0 Å². The number of hydrogen-bond donors (Lipinski definition) is 0. The van der Waals surface area contributed by atoms with Crippen LogP contribution in [0.15, 0.2) is 0 Å². The van der Waals surface area contributed by atoms with E-state index in [-0.39, 0.29) is 17.4 Å². The molecule has 0 saturated carbocycles. The highest BCUT2D eigenvalue weighted by atomic mass is 16.5. The maximum Gasteiger partial charge on any atom is 0.251 e. The number of carbonyl (C=O) groups excluding carboxylic acids is 1. The van der Waals surface area contributed by atoms with Crippen molar-refractivity contribution < 1.29 is 14.3 Å². The summed E-state index contributed by atoms with van der Waals surface area (Å²) in [4.78, 5) is 17.2. The summed E-state index contributed by atoms with van der Waals surface area (Å²) in [6.45, 7) is 10.6. The Bertz CT molecular complexity index is 395. The van der Waals surface area contributed by atoms with E-state index in [1.165, 1.54) is 0 Å². The summed E-state index contributed by atoms with van der Waals surface area (Å²) in [6.07, 6.45) is 3.94. The predicted octanol–water partition coefficient (Wildman–Crippen LogP) is 1.51. The second-order valence-corrected chi connectivity index (χ2v) is 7.48.